The third-order valence-corrected chi connectivity index (χ3v) is 2.19. The molecule has 0 heterocycles. The monoisotopic (exact) mass is 245 g/mol. The van der Waals surface area contributed by atoms with Crippen LogP contribution in [0.4, 0.5) is 8.78 Å². The first-order valence-corrected chi connectivity index (χ1v) is 5.45. The lowest BCUT2D eigenvalue weighted by Gasteiger charge is -2.15. The highest BCUT2D eigenvalue weighted by Gasteiger charge is 2.10. The third kappa shape index (κ3) is 5.10. The highest BCUT2D eigenvalue weighted by atomic mass is 19.3. The second kappa shape index (κ2) is 6.51. The van der Waals surface area contributed by atoms with E-state index < -0.39 is 12.7 Å². The van der Waals surface area contributed by atoms with Gasteiger partial charge in [0.1, 0.15) is 5.75 Å². The molecule has 0 saturated heterocycles. The van der Waals surface area contributed by atoms with Crippen molar-refractivity contribution in [2.45, 2.75) is 32.6 Å². The number of nitrogens with one attached hydrogen (secondary N) is 1. The van der Waals surface area contributed by atoms with E-state index in [-0.39, 0.29) is 11.8 Å². The van der Waals surface area contributed by atoms with Crippen LogP contribution in [0.25, 0.3) is 0 Å². The summed E-state index contributed by atoms with van der Waals surface area (Å²) in [6.45, 7) is 1.44. The van der Waals surface area contributed by atoms with Gasteiger partial charge in [-0.15, -0.1) is 0 Å². The van der Waals surface area contributed by atoms with Crippen LogP contribution in [-0.2, 0) is 0 Å². The van der Waals surface area contributed by atoms with Crippen molar-refractivity contribution in [3.8, 4) is 5.75 Å². The molecule has 0 fully saturated rings. The minimum atomic E-state index is -2.85. The molecule has 0 aliphatic rings. The molecule has 0 aromatic heterocycles. The Morgan fingerprint density at radius 2 is 2.06 bits per heavy atom. The summed E-state index contributed by atoms with van der Waals surface area (Å²) in [6.07, 6.45) is -0.737. The van der Waals surface area contributed by atoms with Gasteiger partial charge in [0.25, 0.3) is 0 Å². The first-order chi connectivity index (χ1) is 7.99. The van der Waals surface area contributed by atoms with Gasteiger partial charge >= 0.3 is 6.61 Å². The number of halogens is 2. The Labute approximate surface area is 99.4 Å². The lowest BCUT2D eigenvalue weighted by Crippen LogP contribution is -2.27. The van der Waals surface area contributed by atoms with Gasteiger partial charge in [0.2, 0.25) is 0 Å². The van der Waals surface area contributed by atoms with E-state index in [2.05, 4.69) is 10.1 Å². The van der Waals surface area contributed by atoms with Crippen LogP contribution in [-0.4, -0.2) is 24.3 Å². The Balaban J connectivity index is 2.63. The van der Waals surface area contributed by atoms with E-state index in [4.69, 9.17) is 0 Å². The molecule has 0 saturated carbocycles. The average Bonchev–Trinajstić information content (AvgIpc) is 2.25. The van der Waals surface area contributed by atoms with Crippen molar-refractivity contribution in [1.29, 1.82) is 0 Å². The van der Waals surface area contributed by atoms with E-state index in [1.165, 1.54) is 12.1 Å². The highest BCUT2D eigenvalue weighted by molar-refractivity contribution is 5.30. The van der Waals surface area contributed by atoms with E-state index in [1.54, 1.807) is 12.1 Å². The van der Waals surface area contributed by atoms with Crippen molar-refractivity contribution in [3.05, 3.63) is 29.8 Å². The maximum atomic E-state index is 12.0. The van der Waals surface area contributed by atoms with Gasteiger partial charge in [-0.3, -0.25) is 0 Å². The molecule has 0 bridgehead atoms. The number of hydrogen-bond donors (Lipinski definition) is 2. The number of alkyl halides is 2. The summed E-state index contributed by atoms with van der Waals surface area (Å²) in [7, 11) is 0. The number of rotatable bonds is 6. The van der Waals surface area contributed by atoms with Crippen molar-refractivity contribution in [1.82, 2.24) is 5.32 Å². The summed E-state index contributed by atoms with van der Waals surface area (Å²) < 4.78 is 28.3. The van der Waals surface area contributed by atoms with Crippen LogP contribution >= 0.6 is 0 Å². The molecule has 0 aliphatic carbocycles. The second-order valence-electron chi connectivity index (χ2n) is 4.03. The van der Waals surface area contributed by atoms with Crippen molar-refractivity contribution in [2.24, 2.45) is 0 Å². The first-order valence-electron chi connectivity index (χ1n) is 5.45. The van der Waals surface area contributed by atoms with Gasteiger partial charge in [0.15, 0.2) is 0 Å². The van der Waals surface area contributed by atoms with Crippen molar-refractivity contribution in [3.63, 3.8) is 0 Å². The molecule has 1 atom stereocenters. The zero-order chi connectivity index (χ0) is 12.8. The summed E-state index contributed by atoms with van der Waals surface area (Å²) in [5.41, 5.74) is 0.552. The quantitative estimate of drug-likeness (QED) is 0.808. The molecular weight excluding hydrogens is 228 g/mol. The molecule has 0 spiro atoms. The first kappa shape index (κ1) is 13.9. The number of aliphatic hydroxyl groups excluding tert-OH is 1. The lowest BCUT2D eigenvalue weighted by atomic mass is 10.1. The molecule has 1 aromatic carbocycles. The Hall–Kier alpha value is -1.20. The van der Waals surface area contributed by atoms with Crippen molar-refractivity contribution in [2.75, 3.05) is 6.54 Å². The van der Waals surface area contributed by atoms with E-state index in [0.29, 0.717) is 12.1 Å². The number of benzene rings is 1. The standard InChI is InChI=1S/C12H17F2NO2/c1-8(2)15-7-11(16)9-4-3-5-10(6-9)17-12(13)14/h3-6,8,11-12,15-16H,7H2,1-2H3. The van der Waals surface area contributed by atoms with Crippen molar-refractivity contribution >= 4 is 0 Å². The molecule has 17 heavy (non-hydrogen) atoms. The van der Waals surface area contributed by atoms with Gasteiger partial charge in [0, 0.05) is 12.6 Å². The summed E-state index contributed by atoms with van der Waals surface area (Å²) in [5, 5.41) is 12.9. The Kier molecular flexibility index (Phi) is 5.31. The fourth-order valence-corrected chi connectivity index (χ4v) is 1.36. The van der Waals surface area contributed by atoms with Crippen LogP contribution in [0.15, 0.2) is 24.3 Å². The van der Waals surface area contributed by atoms with Crippen LogP contribution in [0, 0.1) is 0 Å². The molecule has 1 unspecified atom stereocenters. The summed E-state index contributed by atoms with van der Waals surface area (Å²) >= 11 is 0. The molecule has 0 radical (unpaired) electrons. The topological polar surface area (TPSA) is 41.5 Å². The van der Waals surface area contributed by atoms with Crippen molar-refractivity contribution < 1.29 is 18.6 Å². The van der Waals surface area contributed by atoms with Crippen LogP contribution in [0.2, 0.25) is 0 Å². The smallest absolute Gasteiger partial charge is 0.387 e. The predicted octanol–water partition coefficient (Wildman–Crippen LogP) is 2.32. The molecular formula is C12H17F2NO2. The van der Waals surface area contributed by atoms with Gasteiger partial charge in [-0.05, 0) is 17.7 Å². The van der Waals surface area contributed by atoms with Gasteiger partial charge in [0.05, 0.1) is 6.10 Å². The molecule has 0 amide bonds. The normalized spacial score (nSPS) is 13.1. The van der Waals surface area contributed by atoms with Crippen LogP contribution in [0.5, 0.6) is 5.75 Å². The highest BCUT2D eigenvalue weighted by Crippen LogP contribution is 2.20. The van der Waals surface area contributed by atoms with Gasteiger partial charge in [-0.2, -0.15) is 8.78 Å². The Bertz CT molecular complexity index is 345. The average molecular weight is 245 g/mol. The molecule has 1 rings (SSSR count). The Morgan fingerprint density at radius 3 is 2.65 bits per heavy atom. The van der Waals surface area contributed by atoms with Crippen LogP contribution < -0.4 is 10.1 Å². The summed E-state index contributed by atoms with van der Waals surface area (Å²) in [6, 6.07) is 6.35. The van der Waals surface area contributed by atoms with Crippen LogP contribution in [0.3, 0.4) is 0 Å². The molecule has 5 heteroatoms. The maximum absolute atomic E-state index is 12.0. The zero-order valence-electron chi connectivity index (χ0n) is 9.86. The number of ether oxygens (including phenoxy) is 1. The Morgan fingerprint density at radius 1 is 1.35 bits per heavy atom. The second-order valence-corrected chi connectivity index (χ2v) is 4.03. The summed E-state index contributed by atoms with van der Waals surface area (Å²) in [5.74, 6) is 0.0566. The summed E-state index contributed by atoms with van der Waals surface area (Å²) in [4.78, 5) is 0. The number of aliphatic hydroxyl groups is 1. The lowest BCUT2D eigenvalue weighted by molar-refractivity contribution is -0.0499. The molecule has 96 valence electrons. The zero-order valence-corrected chi connectivity index (χ0v) is 9.86. The third-order valence-electron chi connectivity index (χ3n) is 2.19. The number of hydrogen-bond acceptors (Lipinski definition) is 3. The maximum Gasteiger partial charge on any atom is 0.387 e. The van der Waals surface area contributed by atoms with Crippen LogP contribution in [0.1, 0.15) is 25.5 Å². The molecule has 3 nitrogen and oxygen atoms in total. The predicted molar refractivity (Wildman–Crippen MR) is 61.2 cm³/mol. The molecule has 2 N–H and O–H groups in total. The van der Waals surface area contributed by atoms with E-state index >= 15 is 0 Å². The molecule has 0 aliphatic heterocycles. The van der Waals surface area contributed by atoms with Gasteiger partial charge in [-0.1, -0.05) is 26.0 Å². The minimum Gasteiger partial charge on any atom is -0.435 e. The van der Waals surface area contributed by atoms with E-state index in [9.17, 15) is 13.9 Å². The fraction of sp³-hybridized carbons (Fsp3) is 0.500. The largest absolute Gasteiger partial charge is 0.435 e. The van der Waals surface area contributed by atoms with E-state index in [1.807, 2.05) is 13.8 Å². The van der Waals surface area contributed by atoms with E-state index in [0.717, 1.165) is 0 Å². The SMILES string of the molecule is CC(C)NCC(O)c1cccc(OC(F)F)c1. The van der Waals surface area contributed by atoms with Gasteiger partial charge in [-0.25, -0.2) is 0 Å². The fourth-order valence-electron chi connectivity index (χ4n) is 1.36. The molecule has 1 aromatic rings. The minimum absolute atomic E-state index is 0.0566. The van der Waals surface area contributed by atoms with Gasteiger partial charge < -0.3 is 15.2 Å².